The molecule has 0 spiro atoms. The van der Waals surface area contributed by atoms with E-state index in [9.17, 15) is 9.59 Å². The molecule has 1 aliphatic rings. The maximum Gasteiger partial charge on any atom is 0.513 e. The first-order valence-electron chi connectivity index (χ1n) is 16.0. The first-order valence-corrected chi connectivity index (χ1v) is 16.0. The van der Waals surface area contributed by atoms with Gasteiger partial charge < -0.3 is 18.8 Å². The number of carbonyl (C=O) groups excluding carboxylic acids is 2. The van der Waals surface area contributed by atoms with Gasteiger partial charge in [0.1, 0.15) is 12.4 Å². The summed E-state index contributed by atoms with van der Waals surface area (Å²) in [6.07, 6.45) is 7.99. The normalized spacial score (nSPS) is 13.4. The van der Waals surface area contributed by atoms with Crippen molar-refractivity contribution in [1.29, 1.82) is 0 Å². The fourth-order valence-electron chi connectivity index (χ4n) is 6.01. The summed E-state index contributed by atoms with van der Waals surface area (Å²) in [5.41, 5.74) is 6.59. The number of hydrogen-bond acceptors (Lipinski definition) is 6. The van der Waals surface area contributed by atoms with E-state index in [1.165, 1.54) is 0 Å². The first kappa shape index (κ1) is 31.8. The Morgan fingerprint density at radius 1 is 0.822 bits per heavy atom. The van der Waals surface area contributed by atoms with Crippen molar-refractivity contribution in [1.82, 2.24) is 9.55 Å². The molecular formula is C38H42N2O5. The van der Waals surface area contributed by atoms with Gasteiger partial charge in [-0.3, -0.25) is 0 Å². The van der Waals surface area contributed by atoms with Gasteiger partial charge in [-0.05, 0) is 42.0 Å². The van der Waals surface area contributed by atoms with Crippen molar-refractivity contribution in [3.05, 3.63) is 114 Å². The van der Waals surface area contributed by atoms with Crippen LogP contribution in [0.1, 0.15) is 82.4 Å². The molecule has 7 heteroatoms. The molecule has 1 unspecified atom stereocenters. The van der Waals surface area contributed by atoms with Gasteiger partial charge in [-0.15, -0.1) is 0 Å². The van der Waals surface area contributed by atoms with Gasteiger partial charge in [0.2, 0.25) is 0 Å². The summed E-state index contributed by atoms with van der Waals surface area (Å²) in [6, 6.07) is 25.8. The second-order valence-corrected chi connectivity index (χ2v) is 11.4. The zero-order chi connectivity index (χ0) is 31.6. The Kier molecular flexibility index (Phi) is 10.9. The highest BCUT2D eigenvalue weighted by Crippen LogP contribution is 2.44. The number of aromatic nitrogens is 2. The number of hydrogen-bond donors (Lipinski definition) is 0. The van der Waals surface area contributed by atoms with Crippen LogP contribution in [0.3, 0.4) is 0 Å². The molecule has 1 aliphatic carbocycles. The maximum absolute atomic E-state index is 13.7. The van der Waals surface area contributed by atoms with E-state index in [1.54, 1.807) is 13.3 Å². The Labute approximate surface area is 265 Å². The van der Waals surface area contributed by atoms with Gasteiger partial charge in [-0.25, -0.2) is 14.6 Å². The molecule has 0 N–H and O–H groups in total. The number of esters is 1. The maximum atomic E-state index is 13.7. The molecule has 1 atom stereocenters. The minimum Gasteiger partial charge on any atom is -0.462 e. The van der Waals surface area contributed by atoms with Crippen LogP contribution in [0.25, 0.3) is 22.4 Å². The van der Waals surface area contributed by atoms with Gasteiger partial charge in [0.05, 0.1) is 30.2 Å². The Balaban J connectivity index is 1.39. The molecule has 0 bridgehead atoms. The summed E-state index contributed by atoms with van der Waals surface area (Å²) >= 11 is 0. The van der Waals surface area contributed by atoms with Gasteiger partial charge in [-0.2, -0.15) is 0 Å². The molecule has 0 aliphatic heterocycles. The molecular weight excluding hydrogens is 564 g/mol. The summed E-state index contributed by atoms with van der Waals surface area (Å²) in [7, 11) is 0. The van der Waals surface area contributed by atoms with Gasteiger partial charge in [0, 0.05) is 17.7 Å². The van der Waals surface area contributed by atoms with Gasteiger partial charge >= 0.3 is 12.1 Å². The van der Waals surface area contributed by atoms with Crippen molar-refractivity contribution >= 4 is 12.1 Å². The number of rotatable bonds is 14. The summed E-state index contributed by atoms with van der Waals surface area (Å²) in [6.45, 7) is 6.26. The Morgan fingerprint density at radius 3 is 2.13 bits per heavy atom. The largest absolute Gasteiger partial charge is 0.513 e. The number of nitrogens with zero attached hydrogens (tertiary/aromatic N) is 2. The van der Waals surface area contributed by atoms with Gasteiger partial charge in [-0.1, -0.05) is 118 Å². The van der Waals surface area contributed by atoms with E-state index in [2.05, 4.69) is 43.1 Å². The van der Waals surface area contributed by atoms with Crippen LogP contribution < -0.4 is 0 Å². The van der Waals surface area contributed by atoms with Crippen molar-refractivity contribution in [3.63, 3.8) is 0 Å². The third-order valence-corrected chi connectivity index (χ3v) is 8.34. The van der Waals surface area contributed by atoms with Gasteiger partial charge in [0.25, 0.3) is 0 Å². The lowest BCUT2D eigenvalue weighted by Gasteiger charge is -2.23. The number of allylic oxidation sites excluding steroid dienone is 1. The summed E-state index contributed by atoms with van der Waals surface area (Å²) in [5.74, 6) is -0.424. The van der Waals surface area contributed by atoms with E-state index in [4.69, 9.17) is 14.2 Å². The monoisotopic (exact) mass is 606 g/mol. The van der Waals surface area contributed by atoms with Crippen LogP contribution in [-0.4, -0.2) is 34.9 Å². The molecule has 0 amide bonds. The highest BCUT2D eigenvalue weighted by molar-refractivity contribution is 5.90. The van der Waals surface area contributed by atoms with Crippen molar-refractivity contribution < 1.29 is 23.8 Å². The predicted molar refractivity (Wildman–Crippen MR) is 176 cm³/mol. The fraction of sp³-hybridized carbons (Fsp3) is 0.342. The van der Waals surface area contributed by atoms with Crippen molar-refractivity contribution in [3.8, 4) is 22.4 Å². The zero-order valence-electron chi connectivity index (χ0n) is 26.4. The lowest BCUT2D eigenvalue weighted by Crippen LogP contribution is -2.23. The minimum absolute atomic E-state index is 0.100. The second-order valence-electron chi connectivity index (χ2n) is 11.4. The molecule has 0 fully saturated rings. The highest BCUT2D eigenvalue weighted by Gasteiger charge is 2.31. The van der Waals surface area contributed by atoms with Gasteiger partial charge in [0.15, 0.2) is 0 Å². The standard InChI is InChI=1S/C38H42N2O5/c1-4-6-15-23-43-37(41)36(35(22-7-5-2)40-24-34(39-26-40)28-16-9-8-10-17-28)27(3)45-38(42)44-25-33-31-20-13-11-18-29(31)30-19-12-14-21-32(30)33/h8-14,16-21,24,26,33,35H,4-7,15,22-23,25H2,1-3H3. The molecule has 1 aromatic heterocycles. The Hall–Kier alpha value is -4.65. The molecule has 0 saturated heterocycles. The smallest absolute Gasteiger partial charge is 0.462 e. The average Bonchev–Trinajstić information content (AvgIpc) is 3.68. The SMILES string of the molecule is CCCCCOC(=O)C(=C(C)OC(=O)OCC1c2ccccc2-c2ccccc21)C(CCCC)n1cnc(-c2ccccc2)c1. The molecule has 5 rings (SSSR count). The molecule has 4 aromatic rings. The lowest BCUT2D eigenvalue weighted by molar-refractivity contribution is -0.140. The average molecular weight is 607 g/mol. The quantitative estimate of drug-likeness (QED) is 0.0616. The molecule has 45 heavy (non-hydrogen) atoms. The number of benzene rings is 3. The van der Waals surface area contributed by atoms with E-state index < -0.39 is 18.2 Å². The van der Waals surface area contributed by atoms with E-state index in [1.807, 2.05) is 65.4 Å². The zero-order valence-corrected chi connectivity index (χ0v) is 26.4. The molecule has 1 heterocycles. The summed E-state index contributed by atoms with van der Waals surface area (Å²) in [4.78, 5) is 31.5. The second kappa shape index (κ2) is 15.4. The number of unbranched alkanes of at least 4 members (excludes halogenated alkanes) is 3. The van der Waals surface area contributed by atoms with Crippen LogP contribution >= 0.6 is 0 Å². The van der Waals surface area contributed by atoms with Crippen molar-refractivity contribution in [2.75, 3.05) is 13.2 Å². The highest BCUT2D eigenvalue weighted by atomic mass is 16.7. The predicted octanol–water partition coefficient (Wildman–Crippen LogP) is 9.25. The van der Waals surface area contributed by atoms with Crippen molar-refractivity contribution in [2.45, 2.75) is 71.3 Å². The Bertz CT molecular complexity index is 1580. The number of carbonyl (C=O) groups is 2. The Morgan fingerprint density at radius 2 is 1.47 bits per heavy atom. The van der Waals surface area contributed by atoms with E-state index >= 15 is 0 Å². The molecule has 7 nitrogen and oxygen atoms in total. The summed E-state index contributed by atoms with van der Waals surface area (Å²) in [5, 5.41) is 0. The number of imidazole rings is 1. The molecule has 0 radical (unpaired) electrons. The van der Waals surface area contributed by atoms with Crippen molar-refractivity contribution in [2.24, 2.45) is 0 Å². The molecule has 3 aromatic carbocycles. The topological polar surface area (TPSA) is 79.6 Å². The third-order valence-electron chi connectivity index (χ3n) is 8.34. The third kappa shape index (κ3) is 7.54. The molecule has 0 saturated carbocycles. The van der Waals surface area contributed by atoms with E-state index in [-0.39, 0.29) is 18.3 Å². The minimum atomic E-state index is -0.851. The lowest BCUT2D eigenvalue weighted by atomic mass is 9.98. The van der Waals surface area contributed by atoms with E-state index in [0.717, 1.165) is 65.6 Å². The fourth-order valence-corrected chi connectivity index (χ4v) is 6.01. The van der Waals surface area contributed by atoms with Crippen LogP contribution in [0.2, 0.25) is 0 Å². The first-order chi connectivity index (χ1) is 22.0. The number of ether oxygens (including phenoxy) is 3. The van der Waals surface area contributed by atoms with Crippen LogP contribution in [-0.2, 0) is 19.0 Å². The number of fused-ring (bicyclic) bond motifs is 3. The molecule has 234 valence electrons. The van der Waals surface area contributed by atoms with Crippen LogP contribution in [0.5, 0.6) is 0 Å². The van der Waals surface area contributed by atoms with E-state index in [0.29, 0.717) is 18.6 Å². The summed E-state index contributed by atoms with van der Waals surface area (Å²) < 4.78 is 19.1. The van der Waals surface area contributed by atoms with Crippen LogP contribution in [0, 0.1) is 0 Å². The van der Waals surface area contributed by atoms with Crippen LogP contribution in [0.15, 0.2) is 103 Å². The van der Waals surface area contributed by atoms with Crippen LogP contribution in [0.4, 0.5) is 4.79 Å².